The summed E-state index contributed by atoms with van der Waals surface area (Å²) in [7, 11) is 0. The average Bonchev–Trinajstić information content (AvgIpc) is 2.79. The van der Waals surface area contributed by atoms with Crippen molar-refractivity contribution >= 4 is 5.97 Å². The summed E-state index contributed by atoms with van der Waals surface area (Å²) >= 11 is 0. The van der Waals surface area contributed by atoms with Crippen LogP contribution in [0.25, 0.3) is 0 Å². The molecule has 2 aromatic rings. The quantitative estimate of drug-likeness (QED) is 0.740. The second-order valence-corrected chi connectivity index (χ2v) is 3.78. The van der Waals surface area contributed by atoms with Crippen molar-refractivity contribution in [2.45, 2.75) is 12.5 Å². The minimum absolute atomic E-state index is 0.0588. The van der Waals surface area contributed by atoms with Gasteiger partial charge in [0.15, 0.2) is 0 Å². The van der Waals surface area contributed by atoms with Gasteiger partial charge in [0.25, 0.3) is 0 Å². The molecule has 0 amide bonds. The van der Waals surface area contributed by atoms with Gasteiger partial charge in [0.1, 0.15) is 11.5 Å². The summed E-state index contributed by atoms with van der Waals surface area (Å²) in [5.41, 5.74) is 7.10. The fourth-order valence-electron chi connectivity index (χ4n) is 1.60. The number of H-pyrrole nitrogens is 1. The fraction of sp³-hybridized carbons (Fsp3) is 0.167. The molecule has 5 heteroatoms. The summed E-state index contributed by atoms with van der Waals surface area (Å²) in [4.78, 5) is 17.4. The van der Waals surface area contributed by atoms with Crippen molar-refractivity contribution in [3.8, 4) is 0 Å². The topological polar surface area (TPSA) is 92.0 Å². The third-order valence-electron chi connectivity index (χ3n) is 2.48. The van der Waals surface area contributed by atoms with Crippen molar-refractivity contribution in [1.82, 2.24) is 9.97 Å². The number of hydrogen-bond donors (Lipinski definition) is 3. The van der Waals surface area contributed by atoms with E-state index >= 15 is 0 Å². The Kier molecular flexibility index (Phi) is 3.20. The molecule has 0 saturated heterocycles. The Bertz CT molecular complexity index is 507. The summed E-state index contributed by atoms with van der Waals surface area (Å²) < 4.78 is 0. The van der Waals surface area contributed by atoms with Crippen LogP contribution in [0.1, 0.15) is 27.9 Å². The lowest BCUT2D eigenvalue weighted by atomic mass is 10.1. The van der Waals surface area contributed by atoms with E-state index in [1.807, 2.05) is 30.3 Å². The summed E-state index contributed by atoms with van der Waals surface area (Å²) in [6.07, 6.45) is 1.90. The third-order valence-corrected chi connectivity index (χ3v) is 2.48. The van der Waals surface area contributed by atoms with Gasteiger partial charge in [-0.05, 0) is 12.0 Å². The maximum Gasteiger partial charge on any atom is 0.353 e. The smallest absolute Gasteiger partial charge is 0.353 e. The number of aromatic amines is 1. The monoisotopic (exact) mass is 231 g/mol. The first-order valence-electron chi connectivity index (χ1n) is 5.24. The molecule has 1 aromatic heterocycles. The van der Waals surface area contributed by atoms with Gasteiger partial charge in [-0.2, -0.15) is 0 Å². The Morgan fingerprint density at radius 2 is 2.12 bits per heavy atom. The Labute approximate surface area is 98.3 Å². The molecule has 0 spiro atoms. The van der Waals surface area contributed by atoms with Crippen LogP contribution >= 0.6 is 0 Å². The second kappa shape index (κ2) is 4.80. The molecule has 0 radical (unpaired) electrons. The highest BCUT2D eigenvalue weighted by Gasteiger charge is 2.13. The van der Waals surface area contributed by atoms with E-state index < -0.39 is 5.97 Å². The first-order chi connectivity index (χ1) is 8.16. The number of aromatic nitrogens is 2. The number of imidazole rings is 1. The fourth-order valence-corrected chi connectivity index (χ4v) is 1.60. The molecule has 17 heavy (non-hydrogen) atoms. The summed E-state index contributed by atoms with van der Waals surface area (Å²) in [6, 6.07) is 9.43. The predicted molar refractivity (Wildman–Crippen MR) is 62.6 cm³/mol. The van der Waals surface area contributed by atoms with Gasteiger partial charge in [0.05, 0.1) is 12.2 Å². The number of nitrogens with one attached hydrogen (secondary N) is 1. The Balaban J connectivity index is 2.09. The van der Waals surface area contributed by atoms with Gasteiger partial charge in [-0.3, -0.25) is 0 Å². The van der Waals surface area contributed by atoms with Gasteiger partial charge >= 0.3 is 5.97 Å². The molecular formula is C12H13N3O2. The summed E-state index contributed by atoms with van der Waals surface area (Å²) in [5.74, 6) is -0.540. The second-order valence-electron chi connectivity index (χ2n) is 3.78. The van der Waals surface area contributed by atoms with Crippen LogP contribution in [-0.4, -0.2) is 21.0 Å². The number of nitrogens with two attached hydrogens (primary N) is 1. The highest BCUT2D eigenvalue weighted by molar-refractivity contribution is 5.85. The van der Waals surface area contributed by atoms with Crippen LogP contribution in [0.4, 0.5) is 0 Å². The summed E-state index contributed by atoms with van der Waals surface area (Å²) in [6.45, 7) is 0. The Morgan fingerprint density at radius 1 is 1.41 bits per heavy atom. The van der Waals surface area contributed by atoms with Crippen molar-refractivity contribution in [3.63, 3.8) is 0 Å². The lowest BCUT2D eigenvalue weighted by Crippen LogP contribution is -2.15. The van der Waals surface area contributed by atoms with Crippen LogP contribution in [0.15, 0.2) is 36.5 Å². The van der Waals surface area contributed by atoms with E-state index in [2.05, 4.69) is 9.97 Å². The van der Waals surface area contributed by atoms with E-state index in [1.54, 1.807) is 0 Å². The largest absolute Gasteiger partial charge is 0.477 e. The first-order valence-corrected chi connectivity index (χ1v) is 5.24. The minimum Gasteiger partial charge on any atom is -0.477 e. The third kappa shape index (κ3) is 2.70. The van der Waals surface area contributed by atoms with Crippen molar-refractivity contribution in [2.24, 2.45) is 5.73 Å². The maximum absolute atomic E-state index is 10.7. The molecule has 0 aliphatic rings. The number of benzene rings is 1. The molecule has 1 heterocycles. The zero-order valence-corrected chi connectivity index (χ0v) is 9.13. The van der Waals surface area contributed by atoms with Crippen LogP contribution in [-0.2, 0) is 6.42 Å². The van der Waals surface area contributed by atoms with Crippen LogP contribution < -0.4 is 5.73 Å². The molecule has 0 aliphatic carbocycles. The average molecular weight is 231 g/mol. The van der Waals surface area contributed by atoms with Gasteiger partial charge in [-0.15, -0.1) is 0 Å². The summed E-state index contributed by atoms with van der Waals surface area (Å²) in [5, 5.41) is 8.76. The minimum atomic E-state index is -1.03. The Morgan fingerprint density at radius 3 is 2.71 bits per heavy atom. The molecule has 1 atom stereocenters. The number of carboxylic acids is 1. The number of hydrogen-bond acceptors (Lipinski definition) is 3. The van der Waals surface area contributed by atoms with Gasteiger partial charge in [-0.1, -0.05) is 30.3 Å². The lowest BCUT2D eigenvalue weighted by Gasteiger charge is -2.08. The highest BCUT2D eigenvalue weighted by atomic mass is 16.4. The van der Waals surface area contributed by atoms with Crippen LogP contribution in [0.2, 0.25) is 0 Å². The van der Waals surface area contributed by atoms with Crippen molar-refractivity contribution in [2.75, 3.05) is 0 Å². The van der Waals surface area contributed by atoms with E-state index in [0.717, 1.165) is 5.56 Å². The molecule has 5 nitrogen and oxygen atoms in total. The number of aromatic carboxylic acids is 1. The molecule has 0 saturated carbocycles. The van der Waals surface area contributed by atoms with Crippen molar-refractivity contribution in [3.05, 3.63) is 53.6 Å². The van der Waals surface area contributed by atoms with Gasteiger partial charge in [0, 0.05) is 0 Å². The maximum atomic E-state index is 10.7. The number of carbonyl (C=O) groups is 1. The van der Waals surface area contributed by atoms with Gasteiger partial charge in [0.2, 0.25) is 0 Å². The van der Waals surface area contributed by atoms with E-state index in [4.69, 9.17) is 10.8 Å². The molecule has 1 unspecified atom stereocenters. The molecule has 0 bridgehead atoms. The molecule has 2 rings (SSSR count). The zero-order chi connectivity index (χ0) is 12.3. The molecule has 4 N–H and O–H groups in total. The standard InChI is InChI=1S/C12H13N3O2/c13-9(6-8-4-2-1-3-5-8)11-14-7-10(15-11)12(16)17/h1-5,7,9H,6,13H2,(H,14,15)(H,16,17). The molecule has 0 fully saturated rings. The SMILES string of the molecule is NC(Cc1ccccc1)c1ncc(C(=O)O)[nH]1. The molecule has 0 aliphatic heterocycles. The van der Waals surface area contributed by atoms with Gasteiger partial charge in [-0.25, -0.2) is 9.78 Å². The van der Waals surface area contributed by atoms with Crippen molar-refractivity contribution in [1.29, 1.82) is 0 Å². The van der Waals surface area contributed by atoms with Gasteiger partial charge < -0.3 is 15.8 Å². The lowest BCUT2D eigenvalue weighted by molar-refractivity contribution is 0.0691. The molecular weight excluding hydrogens is 218 g/mol. The van der Waals surface area contributed by atoms with Crippen LogP contribution in [0.3, 0.4) is 0 Å². The number of nitrogens with zero attached hydrogens (tertiary/aromatic N) is 1. The van der Waals surface area contributed by atoms with E-state index in [0.29, 0.717) is 12.2 Å². The predicted octanol–water partition coefficient (Wildman–Crippen LogP) is 1.35. The number of carboxylic acid groups (broad SMARTS) is 1. The Hall–Kier alpha value is -2.14. The van der Waals surface area contributed by atoms with Crippen LogP contribution in [0, 0.1) is 0 Å². The molecule has 1 aromatic carbocycles. The first kappa shape index (κ1) is 11.3. The molecule has 88 valence electrons. The number of rotatable bonds is 4. The zero-order valence-electron chi connectivity index (χ0n) is 9.13. The van der Waals surface area contributed by atoms with E-state index in [-0.39, 0.29) is 11.7 Å². The van der Waals surface area contributed by atoms with Crippen LogP contribution in [0.5, 0.6) is 0 Å². The van der Waals surface area contributed by atoms with Crippen molar-refractivity contribution < 1.29 is 9.90 Å². The highest BCUT2D eigenvalue weighted by Crippen LogP contribution is 2.13. The van der Waals surface area contributed by atoms with E-state index in [1.165, 1.54) is 6.20 Å². The van der Waals surface area contributed by atoms with E-state index in [9.17, 15) is 4.79 Å². The normalized spacial score (nSPS) is 12.3.